The summed E-state index contributed by atoms with van der Waals surface area (Å²) in [6.07, 6.45) is 2.05. The van der Waals surface area contributed by atoms with E-state index in [-0.39, 0.29) is 5.91 Å². The molecular formula is C23H25N5O. The number of carbonyl (C=O) groups excluding carboxylic acids is 1. The van der Waals surface area contributed by atoms with Gasteiger partial charge in [0.25, 0.3) is 5.91 Å². The Labute approximate surface area is 169 Å². The molecule has 0 aliphatic heterocycles. The Balaban J connectivity index is 1.53. The lowest BCUT2D eigenvalue weighted by Gasteiger charge is -2.11. The molecule has 6 nitrogen and oxygen atoms in total. The summed E-state index contributed by atoms with van der Waals surface area (Å²) in [5.74, 6) is 1.56. The van der Waals surface area contributed by atoms with Gasteiger partial charge >= 0.3 is 0 Å². The van der Waals surface area contributed by atoms with Crippen LogP contribution in [0, 0.1) is 0 Å². The number of fused-ring (bicyclic) bond motifs is 2. The van der Waals surface area contributed by atoms with Crippen molar-refractivity contribution in [1.82, 2.24) is 14.9 Å². The Morgan fingerprint density at radius 2 is 1.86 bits per heavy atom. The van der Waals surface area contributed by atoms with E-state index in [1.54, 1.807) is 0 Å². The zero-order chi connectivity index (χ0) is 20.4. The Hall–Kier alpha value is -3.54. The molecule has 0 bridgehead atoms. The fourth-order valence-corrected chi connectivity index (χ4v) is 3.64. The van der Waals surface area contributed by atoms with Crippen LogP contribution in [-0.2, 0) is 13.1 Å². The first-order valence-electron chi connectivity index (χ1n) is 9.79. The predicted molar refractivity (Wildman–Crippen MR) is 120 cm³/mol. The molecule has 0 fully saturated rings. The summed E-state index contributed by atoms with van der Waals surface area (Å²) in [6.45, 7) is 3.49. The first-order valence-corrected chi connectivity index (χ1v) is 9.79. The number of rotatable bonds is 6. The molecule has 4 aromatic rings. The molecule has 0 saturated carbocycles. The van der Waals surface area contributed by atoms with Gasteiger partial charge in [-0.1, -0.05) is 12.1 Å². The third-order valence-electron chi connectivity index (χ3n) is 5.22. The van der Waals surface area contributed by atoms with Crippen LogP contribution in [0.25, 0.3) is 21.7 Å². The van der Waals surface area contributed by atoms with E-state index in [0.717, 1.165) is 45.4 Å². The quantitative estimate of drug-likeness (QED) is 0.463. The van der Waals surface area contributed by atoms with E-state index in [9.17, 15) is 4.79 Å². The first kappa shape index (κ1) is 18.8. The average molecular weight is 387 g/mol. The highest BCUT2D eigenvalue weighted by atomic mass is 16.1. The summed E-state index contributed by atoms with van der Waals surface area (Å²) in [4.78, 5) is 17.2. The second-order valence-electron chi connectivity index (χ2n) is 6.97. The Morgan fingerprint density at radius 1 is 1.00 bits per heavy atom. The van der Waals surface area contributed by atoms with Gasteiger partial charge in [-0.3, -0.25) is 4.79 Å². The highest BCUT2D eigenvalue weighted by molar-refractivity contribution is 5.98. The van der Waals surface area contributed by atoms with Gasteiger partial charge in [0.05, 0.1) is 0 Å². The molecule has 0 atom stereocenters. The standard InChI is InChI=1S/C23H25N5O/c1-4-28-10-9-16-12-17(6-8-20(16)28)23(29)26-14-15-5-7-19-18(11-15)13-21(24-2)27-22(19)25-3/h5-13H,4,14H2,1-3H3,(H,26,29)(H2,24,25,27). The monoisotopic (exact) mass is 387 g/mol. The van der Waals surface area contributed by atoms with E-state index in [1.165, 1.54) is 0 Å². The largest absolute Gasteiger partial charge is 0.373 e. The molecule has 29 heavy (non-hydrogen) atoms. The van der Waals surface area contributed by atoms with Gasteiger partial charge in [0, 0.05) is 55.2 Å². The molecule has 3 N–H and O–H groups in total. The SMILES string of the molecule is CCn1ccc2cc(C(=O)NCc3ccc4c(NC)nc(NC)cc4c3)ccc21. The number of hydrogen-bond acceptors (Lipinski definition) is 4. The van der Waals surface area contributed by atoms with Crippen molar-refractivity contribution in [2.24, 2.45) is 0 Å². The minimum Gasteiger partial charge on any atom is -0.373 e. The van der Waals surface area contributed by atoms with Crippen LogP contribution in [0.2, 0.25) is 0 Å². The van der Waals surface area contributed by atoms with E-state index in [0.29, 0.717) is 12.1 Å². The molecule has 0 saturated heterocycles. The number of carbonyl (C=O) groups is 1. The van der Waals surface area contributed by atoms with Crippen LogP contribution >= 0.6 is 0 Å². The summed E-state index contributed by atoms with van der Waals surface area (Å²) in [5.41, 5.74) is 2.86. The molecule has 4 rings (SSSR count). The number of pyridine rings is 1. The Bertz CT molecular complexity index is 1190. The number of hydrogen-bond donors (Lipinski definition) is 3. The molecule has 148 valence electrons. The topological polar surface area (TPSA) is 71.0 Å². The van der Waals surface area contributed by atoms with Gasteiger partial charge in [-0.25, -0.2) is 4.98 Å². The summed E-state index contributed by atoms with van der Waals surface area (Å²) in [6, 6.07) is 16.0. The maximum absolute atomic E-state index is 12.7. The number of aromatic nitrogens is 2. The maximum atomic E-state index is 12.7. The van der Waals surface area contributed by atoms with Crippen LogP contribution in [-0.4, -0.2) is 29.6 Å². The van der Waals surface area contributed by atoms with Crippen LogP contribution < -0.4 is 16.0 Å². The molecule has 6 heteroatoms. The van der Waals surface area contributed by atoms with Crippen molar-refractivity contribution in [3.63, 3.8) is 0 Å². The Morgan fingerprint density at radius 3 is 2.62 bits per heavy atom. The van der Waals surface area contributed by atoms with Crippen molar-refractivity contribution >= 4 is 39.2 Å². The van der Waals surface area contributed by atoms with E-state index in [2.05, 4.69) is 44.7 Å². The van der Waals surface area contributed by atoms with Gasteiger partial charge in [0.15, 0.2) is 0 Å². The number of nitrogens with zero attached hydrogens (tertiary/aromatic N) is 2. The summed E-state index contributed by atoms with van der Waals surface area (Å²) in [5, 5.41) is 12.4. The first-order chi connectivity index (χ1) is 14.1. The number of nitrogens with one attached hydrogen (secondary N) is 3. The molecule has 0 aliphatic rings. The molecule has 2 aromatic heterocycles. The minimum atomic E-state index is -0.0715. The second-order valence-corrected chi connectivity index (χ2v) is 6.97. The highest BCUT2D eigenvalue weighted by Gasteiger charge is 2.09. The van der Waals surface area contributed by atoms with Crippen LogP contribution in [0.3, 0.4) is 0 Å². The van der Waals surface area contributed by atoms with Crippen LogP contribution in [0.1, 0.15) is 22.8 Å². The van der Waals surface area contributed by atoms with Crippen molar-refractivity contribution in [2.45, 2.75) is 20.0 Å². The summed E-state index contributed by atoms with van der Waals surface area (Å²) in [7, 11) is 3.71. The molecule has 0 spiro atoms. The Kier molecular flexibility index (Phi) is 5.08. The fourth-order valence-electron chi connectivity index (χ4n) is 3.64. The van der Waals surface area contributed by atoms with Crippen molar-refractivity contribution in [1.29, 1.82) is 0 Å². The van der Waals surface area contributed by atoms with Crippen molar-refractivity contribution in [3.8, 4) is 0 Å². The third-order valence-corrected chi connectivity index (χ3v) is 5.22. The van der Waals surface area contributed by atoms with E-state index >= 15 is 0 Å². The van der Waals surface area contributed by atoms with Gasteiger partial charge in [-0.15, -0.1) is 0 Å². The fraction of sp³-hybridized carbons (Fsp3) is 0.217. The molecule has 2 aromatic carbocycles. The highest BCUT2D eigenvalue weighted by Crippen LogP contribution is 2.25. The van der Waals surface area contributed by atoms with Crippen molar-refractivity contribution in [2.75, 3.05) is 24.7 Å². The van der Waals surface area contributed by atoms with Gasteiger partial charge in [0.2, 0.25) is 0 Å². The zero-order valence-electron chi connectivity index (χ0n) is 16.9. The molecular weight excluding hydrogens is 362 g/mol. The number of amides is 1. The average Bonchev–Trinajstić information content (AvgIpc) is 3.18. The zero-order valence-corrected chi connectivity index (χ0v) is 16.9. The smallest absolute Gasteiger partial charge is 0.251 e. The van der Waals surface area contributed by atoms with Gasteiger partial charge < -0.3 is 20.5 Å². The number of benzene rings is 2. The molecule has 2 heterocycles. The number of anilines is 2. The van der Waals surface area contributed by atoms with Crippen LogP contribution in [0.15, 0.2) is 54.7 Å². The lowest BCUT2D eigenvalue weighted by molar-refractivity contribution is 0.0951. The lowest BCUT2D eigenvalue weighted by atomic mass is 10.1. The van der Waals surface area contributed by atoms with Crippen molar-refractivity contribution < 1.29 is 4.79 Å². The van der Waals surface area contributed by atoms with Crippen molar-refractivity contribution in [3.05, 3.63) is 65.9 Å². The molecule has 1 amide bonds. The molecule has 0 radical (unpaired) electrons. The second kappa shape index (κ2) is 7.83. The maximum Gasteiger partial charge on any atom is 0.251 e. The van der Waals surface area contributed by atoms with E-state index < -0.39 is 0 Å². The molecule has 0 aliphatic carbocycles. The summed E-state index contributed by atoms with van der Waals surface area (Å²) < 4.78 is 2.17. The minimum absolute atomic E-state index is 0.0715. The lowest BCUT2D eigenvalue weighted by Crippen LogP contribution is -2.22. The van der Waals surface area contributed by atoms with E-state index in [4.69, 9.17) is 0 Å². The third kappa shape index (κ3) is 3.61. The van der Waals surface area contributed by atoms with Gasteiger partial charge in [0.1, 0.15) is 11.6 Å². The predicted octanol–water partition coefficient (Wildman–Crippen LogP) is 4.22. The molecule has 0 unspecified atom stereocenters. The normalized spacial score (nSPS) is 11.0. The van der Waals surface area contributed by atoms with Crippen LogP contribution in [0.4, 0.5) is 11.6 Å². The van der Waals surface area contributed by atoms with E-state index in [1.807, 2.05) is 56.6 Å². The number of aryl methyl sites for hydroxylation is 1. The summed E-state index contributed by atoms with van der Waals surface area (Å²) >= 11 is 0. The van der Waals surface area contributed by atoms with Gasteiger partial charge in [-0.2, -0.15) is 0 Å². The van der Waals surface area contributed by atoms with Crippen LogP contribution in [0.5, 0.6) is 0 Å². The van der Waals surface area contributed by atoms with Gasteiger partial charge in [-0.05, 0) is 54.3 Å².